The summed E-state index contributed by atoms with van der Waals surface area (Å²) < 4.78 is 0. The van der Waals surface area contributed by atoms with E-state index < -0.39 is 0 Å². The van der Waals surface area contributed by atoms with Crippen LogP contribution < -0.4 is 0 Å². The highest BCUT2D eigenvalue weighted by Crippen LogP contribution is 2.13. The van der Waals surface area contributed by atoms with E-state index in [-0.39, 0.29) is 5.92 Å². The highest BCUT2D eigenvalue weighted by molar-refractivity contribution is 5.60. The summed E-state index contributed by atoms with van der Waals surface area (Å²) in [6, 6.07) is 0. The third kappa shape index (κ3) is 3.75. The van der Waals surface area contributed by atoms with E-state index in [0.717, 1.165) is 30.6 Å². The molecule has 15 heavy (non-hydrogen) atoms. The number of hydrogen-bond acceptors (Lipinski definition) is 4. The third-order valence-corrected chi connectivity index (χ3v) is 2.23. The van der Waals surface area contributed by atoms with Gasteiger partial charge in [0.05, 0.1) is 17.3 Å². The van der Waals surface area contributed by atoms with Crippen molar-refractivity contribution in [2.75, 3.05) is 20.6 Å². The van der Waals surface area contributed by atoms with E-state index >= 15 is 0 Å². The van der Waals surface area contributed by atoms with Crippen molar-refractivity contribution in [3.8, 4) is 0 Å². The van der Waals surface area contributed by atoms with Crippen molar-refractivity contribution in [2.45, 2.75) is 19.3 Å². The number of nitrogens with zero attached hydrogens (tertiary/aromatic N) is 3. The maximum absolute atomic E-state index is 10.9. The Morgan fingerprint density at radius 1 is 1.40 bits per heavy atom. The minimum absolute atomic E-state index is 0.138. The van der Waals surface area contributed by atoms with Gasteiger partial charge in [-0.1, -0.05) is 0 Å². The first kappa shape index (κ1) is 11.8. The molecule has 1 heterocycles. The van der Waals surface area contributed by atoms with E-state index in [1.165, 1.54) is 0 Å². The van der Waals surface area contributed by atoms with Crippen molar-refractivity contribution in [3.63, 3.8) is 0 Å². The van der Waals surface area contributed by atoms with Crippen molar-refractivity contribution in [2.24, 2.45) is 0 Å². The number of aldehydes is 1. The molecule has 0 saturated heterocycles. The molecule has 0 aliphatic rings. The van der Waals surface area contributed by atoms with Crippen LogP contribution in [-0.4, -0.2) is 41.8 Å². The fourth-order valence-electron chi connectivity index (χ4n) is 1.28. The summed E-state index contributed by atoms with van der Waals surface area (Å²) in [4.78, 5) is 21.3. The number of aryl methyl sites for hydroxylation is 1. The zero-order valence-corrected chi connectivity index (χ0v) is 9.47. The lowest BCUT2D eigenvalue weighted by atomic mass is 10.0. The third-order valence-electron chi connectivity index (χ3n) is 2.23. The van der Waals surface area contributed by atoms with Crippen LogP contribution in [0.15, 0.2) is 12.4 Å². The minimum Gasteiger partial charge on any atom is -0.309 e. The molecule has 0 saturated carbocycles. The monoisotopic (exact) mass is 207 g/mol. The van der Waals surface area contributed by atoms with E-state index in [1.807, 2.05) is 21.0 Å². The Morgan fingerprint density at radius 2 is 2.13 bits per heavy atom. The van der Waals surface area contributed by atoms with E-state index in [1.54, 1.807) is 12.4 Å². The minimum atomic E-state index is -0.138. The Kier molecular flexibility index (Phi) is 4.37. The summed E-state index contributed by atoms with van der Waals surface area (Å²) in [7, 11) is 3.98. The summed E-state index contributed by atoms with van der Waals surface area (Å²) in [6.45, 7) is 2.76. The molecule has 1 rings (SSSR count). The standard InChI is InChI=1S/C11H17N3O/c1-9-6-13-11(7-12-9)10(8-15)4-5-14(2)3/h6-8,10H,4-5H2,1-3H3. The first-order chi connectivity index (χ1) is 7.13. The Balaban J connectivity index is 2.65. The summed E-state index contributed by atoms with van der Waals surface area (Å²) in [5.41, 5.74) is 1.63. The topological polar surface area (TPSA) is 46.1 Å². The van der Waals surface area contributed by atoms with Gasteiger partial charge in [-0.2, -0.15) is 0 Å². The molecule has 1 atom stereocenters. The Morgan fingerprint density at radius 3 is 2.60 bits per heavy atom. The van der Waals surface area contributed by atoms with Crippen LogP contribution in [0.3, 0.4) is 0 Å². The predicted octanol–water partition coefficient (Wildman–Crippen LogP) is 1.02. The molecule has 0 amide bonds. The highest BCUT2D eigenvalue weighted by atomic mass is 16.1. The molecule has 0 fully saturated rings. The van der Waals surface area contributed by atoms with Crippen LogP contribution in [0.1, 0.15) is 23.7 Å². The summed E-state index contributed by atoms with van der Waals surface area (Å²) >= 11 is 0. The number of rotatable bonds is 5. The van der Waals surface area contributed by atoms with Gasteiger partial charge in [0.15, 0.2) is 0 Å². The average Bonchev–Trinajstić information content (AvgIpc) is 2.21. The molecular formula is C11H17N3O. The molecule has 0 bridgehead atoms. The van der Waals surface area contributed by atoms with Gasteiger partial charge in [-0.3, -0.25) is 9.97 Å². The Hall–Kier alpha value is -1.29. The molecule has 1 aromatic rings. The predicted molar refractivity (Wildman–Crippen MR) is 58.7 cm³/mol. The van der Waals surface area contributed by atoms with Crippen LogP contribution in [0, 0.1) is 6.92 Å². The van der Waals surface area contributed by atoms with Gasteiger partial charge in [0.25, 0.3) is 0 Å². The first-order valence-electron chi connectivity index (χ1n) is 5.02. The maximum Gasteiger partial charge on any atom is 0.129 e. The Labute approximate surface area is 90.3 Å². The van der Waals surface area contributed by atoms with Crippen molar-refractivity contribution in [1.82, 2.24) is 14.9 Å². The van der Waals surface area contributed by atoms with Crippen molar-refractivity contribution in [3.05, 3.63) is 23.8 Å². The van der Waals surface area contributed by atoms with E-state index in [4.69, 9.17) is 0 Å². The normalized spacial score (nSPS) is 12.8. The lowest BCUT2D eigenvalue weighted by molar-refractivity contribution is -0.109. The number of hydrogen-bond donors (Lipinski definition) is 0. The van der Waals surface area contributed by atoms with Crippen LogP contribution in [0.5, 0.6) is 0 Å². The molecule has 0 aromatic carbocycles. The first-order valence-corrected chi connectivity index (χ1v) is 5.02. The molecule has 0 N–H and O–H groups in total. The maximum atomic E-state index is 10.9. The van der Waals surface area contributed by atoms with Gasteiger partial charge in [-0.15, -0.1) is 0 Å². The molecule has 1 aromatic heterocycles. The van der Waals surface area contributed by atoms with E-state index in [9.17, 15) is 4.79 Å². The molecule has 0 spiro atoms. The highest BCUT2D eigenvalue weighted by Gasteiger charge is 2.12. The van der Waals surface area contributed by atoms with Gasteiger partial charge >= 0.3 is 0 Å². The van der Waals surface area contributed by atoms with Crippen LogP contribution >= 0.6 is 0 Å². The van der Waals surface area contributed by atoms with Crippen LogP contribution in [0.25, 0.3) is 0 Å². The molecule has 4 nitrogen and oxygen atoms in total. The zero-order chi connectivity index (χ0) is 11.3. The molecule has 0 radical (unpaired) electrons. The molecule has 1 unspecified atom stereocenters. The van der Waals surface area contributed by atoms with Crippen LogP contribution in [0.2, 0.25) is 0 Å². The Bertz CT molecular complexity index is 308. The van der Waals surface area contributed by atoms with Crippen LogP contribution in [0.4, 0.5) is 0 Å². The summed E-state index contributed by atoms with van der Waals surface area (Å²) in [5.74, 6) is -0.138. The lowest BCUT2D eigenvalue weighted by Gasteiger charge is -2.13. The fraction of sp³-hybridized carbons (Fsp3) is 0.545. The van der Waals surface area contributed by atoms with E-state index in [2.05, 4.69) is 14.9 Å². The van der Waals surface area contributed by atoms with Gasteiger partial charge in [0.1, 0.15) is 6.29 Å². The van der Waals surface area contributed by atoms with Crippen molar-refractivity contribution in [1.29, 1.82) is 0 Å². The van der Waals surface area contributed by atoms with Gasteiger partial charge in [0.2, 0.25) is 0 Å². The fourth-order valence-corrected chi connectivity index (χ4v) is 1.28. The second-order valence-corrected chi connectivity index (χ2v) is 3.92. The van der Waals surface area contributed by atoms with Gasteiger partial charge in [-0.05, 0) is 34.0 Å². The average molecular weight is 207 g/mol. The molecule has 82 valence electrons. The van der Waals surface area contributed by atoms with Gasteiger partial charge in [0, 0.05) is 12.4 Å². The van der Waals surface area contributed by atoms with Crippen LogP contribution in [-0.2, 0) is 4.79 Å². The van der Waals surface area contributed by atoms with Crippen molar-refractivity contribution >= 4 is 6.29 Å². The number of carbonyl (C=O) groups excluding carboxylic acids is 1. The van der Waals surface area contributed by atoms with Gasteiger partial charge in [-0.25, -0.2) is 0 Å². The SMILES string of the molecule is Cc1cnc(C(C=O)CCN(C)C)cn1. The number of carbonyl (C=O) groups is 1. The molecular weight excluding hydrogens is 190 g/mol. The van der Waals surface area contributed by atoms with E-state index in [0.29, 0.717) is 0 Å². The quantitative estimate of drug-likeness (QED) is 0.676. The zero-order valence-electron chi connectivity index (χ0n) is 9.47. The largest absolute Gasteiger partial charge is 0.309 e. The van der Waals surface area contributed by atoms with Gasteiger partial charge < -0.3 is 9.69 Å². The molecule has 4 heteroatoms. The summed E-state index contributed by atoms with van der Waals surface area (Å²) in [6.07, 6.45) is 5.11. The second-order valence-electron chi connectivity index (χ2n) is 3.92. The molecule has 0 aliphatic heterocycles. The molecule has 0 aliphatic carbocycles. The summed E-state index contributed by atoms with van der Waals surface area (Å²) in [5, 5.41) is 0. The smallest absolute Gasteiger partial charge is 0.129 e. The lowest BCUT2D eigenvalue weighted by Crippen LogP contribution is -2.17. The second kappa shape index (κ2) is 5.56. The number of aromatic nitrogens is 2. The van der Waals surface area contributed by atoms with Crippen molar-refractivity contribution < 1.29 is 4.79 Å².